The predicted octanol–water partition coefficient (Wildman–Crippen LogP) is 4.42. The zero-order chi connectivity index (χ0) is 29.4. The first-order chi connectivity index (χ1) is 18.1. The number of ketones is 1. The fraction of sp³-hybridized carbons (Fsp3) is 0.320. The third-order valence-electron chi connectivity index (χ3n) is 5.93. The van der Waals surface area contributed by atoms with E-state index in [2.05, 4.69) is 0 Å². The second kappa shape index (κ2) is 10.4. The van der Waals surface area contributed by atoms with Crippen molar-refractivity contribution < 1.29 is 64.4 Å². The first kappa shape index (κ1) is 29.8. The van der Waals surface area contributed by atoms with Gasteiger partial charge in [-0.2, -0.15) is 26.3 Å². The summed E-state index contributed by atoms with van der Waals surface area (Å²) >= 11 is 0. The Morgan fingerprint density at radius 3 is 1.46 bits per heavy atom. The van der Waals surface area contributed by atoms with Crippen molar-refractivity contribution in [3.8, 4) is 0 Å². The number of carbonyl (C=O) groups is 3. The number of alkyl halides is 6. The molecule has 210 valence electrons. The summed E-state index contributed by atoms with van der Waals surface area (Å²) in [7, 11) is 3.72. The van der Waals surface area contributed by atoms with Crippen LogP contribution in [-0.4, -0.2) is 52.1 Å². The summed E-state index contributed by atoms with van der Waals surface area (Å²) in [6.45, 7) is 0. The lowest BCUT2D eigenvalue weighted by Crippen LogP contribution is -2.46. The van der Waals surface area contributed by atoms with E-state index in [0.717, 1.165) is 52.7 Å². The number of Topliss-reactive ketones (excluding diaryl/α,β-unsaturated/α-hetero) is 1. The molecule has 8 nitrogen and oxygen atoms in total. The van der Waals surface area contributed by atoms with Gasteiger partial charge in [0, 0.05) is 19.8 Å². The van der Waals surface area contributed by atoms with Gasteiger partial charge in [-0.25, -0.2) is 9.59 Å². The normalized spacial score (nSPS) is 19.1. The van der Waals surface area contributed by atoms with Crippen LogP contribution in [-0.2, 0) is 51.2 Å². The minimum atomic E-state index is -4.79. The van der Waals surface area contributed by atoms with Gasteiger partial charge in [0.25, 0.3) is 0 Å². The molecule has 1 atom stereocenters. The van der Waals surface area contributed by atoms with Gasteiger partial charge in [0.15, 0.2) is 5.60 Å². The SMILES string of the molecule is COC(=O)C1=C(C(=O)OC)C(C(=O)c2ccc(C(F)(F)F)cc2)(c2ccc(C(F)(F)F)cc2)OC1(OC)OC. The van der Waals surface area contributed by atoms with Crippen LogP contribution in [0.1, 0.15) is 27.0 Å². The maximum Gasteiger partial charge on any atom is 0.416 e. The lowest BCUT2D eigenvalue weighted by Gasteiger charge is -2.34. The van der Waals surface area contributed by atoms with Crippen molar-refractivity contribution in [2.45, 2.75) is 23.9 Å². The highest BCUT2D eigenvalue weighted by Crippen LogP contribution is 2.52. The molecule has 0 saturated carbocycles. The number of methoxy groups -OCH3 is 4. The molecule has 0 amide bonds. The quantitative estimate of drug-likeness (QED) is 0.212. The number of hydrogen-bond donors (Lipinski definition) is 0. The summed E-state index contributed by atoms with van der Waals surface area (Å²) in [6.07, 6.45) is -9.55. The molecular weight excluding hydrogens is 542 g/mol. The Bertz CT molecular complexity index is 1290. The van der Waals surface area contributed by atoms with Crippen LogP contribution < -0.4 is 0 Å². The van der Waals surface area contributed by atoms with Gasteiger partial charge in [-0.15, -0.1) is 0 Å². The fourth-order valence-corrected chi connectivity index (χ4v) is 4.08. The Labute approximate surface area is 217 Å². The number of halogens is 6. The van der Waals surface area contributed by atoms with E-state index in [0.29, 0.717) is 24.3 Å². The van der Waals surface area contributed by atoms with Crippen molar-refractivity contribution in [1.82, 2.24) is 0 Å². The molecule has 0 aliphatic carbocycles. The highest BCUT2D eigenvalue weighted by Gasteiger charge is 2.66. The average Bonchev–Trinajstić information content (AvgIpc) is 3.23. The smallest absolute Gasteiger partial charge is 0.416 e. The van der Waals surface area contributed by atoms with Gasteiger partial charge in [0.2, 0.25) is 5.78 Å². The number of esters is 2. The Hall–Kier alpha value is -3.75. The molecule has 0 fully saturated rings. The molecule has 0 spiro atoms. The molecule has 14 heteroatoms. The lowest BCUT2D eigenvalue weighted by atomic mass is 9.78. The maximum absolute atomic E-state index is 14.1. The molecule has 0 N–H and O–H groups in total. The molecular formula is C25H20F6O8. The monoisotopic (exact) mass is 562 g/mol. The third-order valence-corrected chi connectivity index (χ3v) is 5.93. The van der Waals surface area contributed by atoms with Gasteiger partial charge in [-0.3, -0.25) is 9.53 Å². The zero-order valence-electron chi connectivity index (χ0n) is 20.7. The maximum atomic E-state index is 14.1. The Kier molecular flexibility index (Phi) is 7.97. The Morgan fingerprint density at radius 2 is 1.08 bits per heavy atom. The van der Waals surface area contributed by atoms with Gasteiger partial charge >= 0.3 is 30.3 Å². The minimum Gasteiger partial charge on any atom is -0.466 e. The number of hydrogen-bond acceptors (Lipinski definition) is 8. The highest BCUT2D eigenvalue weighted by molar-refractivity contribution is 6.15. The first-order valence-corrected chi connectivity index (χ1v) is 10.7. The summed E-state index contributed by atoms with van der Waals surface area (Å²) < 4.78 is 105. The molecule has 2 aromatic carbocycles. The molecule has 1 heterocycles. The van der Waals surface area contributed by atoms with Crippen LogP contribution in [0.4, 0.5) is 26.3 Å². The number of rotatable bonds is 7. The van der Waals surface area contributed by atoms with Gasteiger partial charge in [-0.1, -0.05) is 24.3 Å². The summed E-state index contributed by atoms with van der Waals surface area (Å²) in [4.78, 5) is 40.1. The van der Waals surface area contributed by atoms with E-state index in [4.69, 9.17) is 23.7 Å². The van der Waals surface area contributed by atoms with Crippen molar-refractivity contribution in [2.75, 3.05) is 28.4 Å². The van der Waals surface area contributed by atoms with E-state index in [1.54, 1.807) is 0 Å². The van der Waals surface area contributed by atoms with Crippen LogP contribution in [0.25, 0.3) is 0 Å². The van der Waals surface area contributed by atoms with Crippen molar-refractivity contribution in [1.29, 1.82) is 0 Å². The lowest BCUT2D eigenvalue weighted by molar-refractivity contribution is -0.348. The standard InChI is InChI=1S/C25H20F6O8/c1-35-20(33)17-18(21(34)36-2)25(37-3,38-4)39-22(17,14-9-11-16(12-10-14)24(29,30)31)19(32)13-5-7-15(8-6-13)23(26,27)28/h5-12H,1-4H3. The molecule has 39 heavy (non-hydrogen) atoms. The van der Waals surface area contributed by atoms with Crippen LogP contribution in [0.3, 0.4) is 0 Å². The molecule has 2 aromatic rings. The van der Waals surface area contributed by atoms with Crippen LogP contribution in [0, 0.1) is 0 Å². The summed E-state index contributed by atoms with van der Waals surface area (Å²) in [5, 5.41) is 0. The van der Waals surface area contributed by atoms with Crippen molar-refractivity contribution >= 4 is 17.7 Å². The van der Waals surface area contributed by atoms with E-state index in [-0.39, 0.29) is 0 Å². The number of ether oxygens (including phenoxy) is 5. The highest BCUT2D eigenvalue weighted by atomic mass is 19.4. The second-order valence-corrected chi connectivity index (χ2v) is 7.96. The van der Waals surface area contributed by atoms with Crippen molar-refractivity contribution in [2.24, 2.45) is 0 Å². The summed E-state index contributed by atoms with van der Waals surface area (Å²) in [6, 6.07) is 5.43. The molecule has 0 radical (unpaired) electrons. The van der Waals surface area contributed by atoms with Crippen LogP contribution in [0.15, 0.2) is 59.7 Å². The van der Waals surface area contributed by atoms with Crippen LogP contribution in [0.5, 0.6) is 0 Å². The van der Waals surface area contributed by atoms with Crippen molar-refractivity contribution in [3.63, 3.8) is 0 Å². The van der Waals surface area contributed by atoms with Gasteiger partial charge < -0.3 is 18.9 Å². The molecule has 1 aliphatic rings. The summed E-state index contributed by atoms with van der Waals surface area (Å²) in [5.41, 5.74) is -7.67. The van der Waals surface area contributed by atoms with Crippen LogP contribution in [0.2, 0.25) is 0 Å². The number of carbonyl (C=O) groups excluding carboxylic acids is 3. The van der Waals surface area contributed by atoms with Gasteiger partial charge in [0.05, 0.1) is 25.3 Å². The van der Waals surface area contributed by atoms with Crippen molar-refractivity contribution in [3.05, 3.63) is 81.9 Å². The number of benzene rings is 2. The predicted molar refractivity (Wildman–Crippen MR) is 118 cm³/mol. The van der Waals surface area contributed by atoms with Gasteiger partial charge in [0.1, 0.15) is 11.1 Å². The minimum absolute atomic E-state index is 0.432. The first-order valence-electron chi connectivity index (χ1n) is 10.7. The zero-order valence-corrected chi connectivity index (χ0v) is 20.7. The Balaban J connectivity index is 2.44. The average molecular weight is 562 g/mol. The topological polar surface area (TPSA) is 97.4 Å². The largest absolute Gasteiger partial charge is 0.466 e. The molecule has 3 rings (SSSR count). The molecule has 0 saturated heterocycles. The molecule has 0 aromatic heterocycles. The van der Waals surface area contributed by atoms with Crippen LogP contribution >= 0.6 is 0 Å². The van der Waals surface area contributed by atoms with E-state index >= 15 is 0 Å². The fourth-order valence-electron chi connectivity index (χ4n) is 4.08. The summed E-state index contributed by atoms with van der Waals surface area (Å²) in [5.74, 6) is -6.56. The van der Waals surface area contributed by atoms with E-state index in [9.17, 15) is 40.7 Å². The molecule has 1 unspecified atom stereocenters. The molecule has 0 bridgehead atoms. The van der Waals surface area contributed by atoms with Gasteiger partial charge in [-0.05, 0) is 29.8 Å². The van der Waals surface area contributed by atoms with E-state index < -0.39 is 75.0 Å². The van der Waals surface area contributed by atoms with E-state index in [1.807, 2.05) is 0 Å². The second-order valence-electron chi connectivity index (χ2n) is 7.96. The third kappa shape index (κ3) is 5.02. The molecule has 1 aliphatic heterocycles. The Morgan fingerprint density at radius 1 is 0.667 bits per heavy atom. The van der Waals surface area contributed by atoms with E-state index in [1.165, 1.54) is 0 Å².